The molecular formula is C26H23BrCl4N4O4. The molecule has 0 radical (unpaired) electrons. The number of carbonyl (C=O) groups is 2. The van der Waals surface area contributed by atoms with Gasteiger partial charge in [0, 0.05) is 48.1 Å². The molecule has 3 heterocycles. The number of halogens is 5. The average molecular weight is 677 g/mol. The van der Waals surface area contributed by atoms with Crippen molar-refractivity contribution in [3.8, 4) is 11.1 Å². The maximum absolute atomic E-state index is 11.2. The molecule has 0 fully saturated rings. The Labute approximate surface area is 252 Å². The average Bonchev–Trinajstić information content (AvgIpc) is 3.50. The van der Waals surface area contributed by atoms with Crippen molar-refractivity contribution in [2.75, 3.05) is 0 Å². The molecule has 5 aromatic rings. The number of hydrogen-bond acceptors (Lipinski definition) is 3. The van der Waals surface area contributed by atoms with Crippen molar-refractivity contribution in [2.45, 2.75) is 11.8 Å². The Balaban J connectivity index is 0.000000196. The zero-order valence-corrected chi connectivity index (χ0v) is 25.7. The Kier molecular flexibility index (Phi) is 10.0. The summed E-state index contributed by atoms with van der Waals surface area (Å²) in [6.07, 6.45) is 3.64. The molecule has 0 aliphatic carbocycles. The third-order valence-corrected chi connectivity index (χ3v) is 6.75. The number of aryl methyl sites for hydroxylation is 3. The minimum absolute atomic E-state index is 0.213. The third-order valence-electron chi connectivity index (χ3n) is 5.66. The zero-order chi connectivity index (χ0) is 29.2. The predicted molar refractivity (Wildman–Crippen MR) is 161 cm³/mol. The molecule has 3 aromatic heterocycles. The molecular weight excluding hydrogens is 654 g/mol. The van der Waals surface area contributed by atoms with Crippen LogP contribution in [-0.4, -0.2) is 45.9 Å². The van der Waals surface area contributed by atoms with Gasteiger partial charge in [0.2, 0.25) is 0 Å². The molecule has 0 atom stereocenters. The van der Waals surface area contributed by atoms with E-state index in [0.29, 0.717) is 10.0 Å². The first-order valence-electron chi connectivity index (χ1n) is 11.2. The van der Waals surface area contributed by atoms with Crippen molar-refractivity contribution in [1.29, 1.82) is 0 Å². The normalized spacial score (nSPS) is 10.8. The lowest BCUT2D eigenvalue weighted by molar-refractivity contribution is 0.0676. The largest absolute Gasteiger partial charge is 0.477 e. The quantitative estimate of drug-likeness (QED) is 0.188. The lowest BCUT2D eigenvalue weighted by atomic mass is 10.1. The number of hydrogen-bond donors (Lipinski definition) is 2. The van der Waals surface area contributed by atoms with E-state index in [9.17, 15) is 14.7 Å². The van der Waals surface area contributed by atoms with E-state index >= 15 is 0 Å². The topological polar surface area (TPSA) is 102 Å². The molecule has 0 aliphatic rings. The van der Waals surface area contributed by atoms with Gasteiger partial charge in [0.1, 0.15) is 16.2 Å². The van der Waals surface area contributed by atoms with Crippen molar-refractivity contribution in [3.63, 3.8) is 0 Å². The van der Waals surface area contributed by atoms with Gasteiger partial charge in [-0.1, -0.05) is 39.1 Å². The summed E-state index contributed by atoms with van der Waals surface area (Å²) in [5.74, 6) is -1.93. The highest BCUT2D eigenvalue weighted by Gasteiger charge is 2.16. The van der Waals surface area contributed by atoms with Crippen LogP contribution in [0.25, 0.3) is 32.9 Å². The second-order valence-electron chi connectivity index (χ2n) is 8.42. The summed E-state index contributed by atoms with van der Waals surface area (Å²) < 4.78 is 5.77. The van der Waals surface area contributed by atoms with E-state index in [1.54, 1.807) is 59.2 Å². The maximum atomic E-state index is 11.2. The van der Waals surface area contributed by atoms with Crippen LogP contribution in [0, 0.1) is 0 Å². The molecule has 0 spiro atoms. The summed E-state index contributed by atoms with van der Waals surface area (Å²) in [4.78, 5) is 21.9. The van der Waals surface area contributed by atoms with Crippen molar-refractivity contribution < 1.29 is 19.8 Å². The van der Waals surface area contributed by atoms with Gasteiger partial charge in [0.15, 0.2) is 0 Å². The molecule has 0 saturated carbocycles. The third kappa shape index (κ3) is 7.10. The van der Waals surface area contributed by atoms with Gasteiger partial charge in [0.25, 0.3) is 0 Å². The molecule has 2 aromatic carbocycles. The lowest BCUT2D eigenvalue weighted by Crippen LogP contribution is -2.03. The van der Waals surface area contributed by atoms with E-state index in [1.165, 1.54) is 0 Å². The Bertz CT molecular complexity index is 1690. The first kappa shape index (κ1) is 30.8. The number of alkyl halides is 2. The monoisotopic (exact) mass is 674 g/mol. The van der Waals surface area contributed by atoms with Crippen LogP contribution in [0.5, 0.6) is 0 Å². The maximum Gasteiger partial charge on any atom is 0.352 e. The van der Waals surface area contributed by atoms with Crippen molar-refractivity contribution in [2.24, 2.45) is 21.1 Å². The number of carboxylic acids is 2. The van der Waals surface area contributed by atoms with Crippen LogP contribution < -0.4 is 0 Å². The molecule has 0 amide bonds. The van der Waals surface area contributed by atoms with Crippen molar-refractivity contribution in [1.82, 2.24) is 18.9 Å². The standard InChI is InChI=1S/C14H12ClN3O2.C10H7BrClNO2.C2H4Cl2/c1-17-7-9(6-16-17)8-3-11(15)10-5-13(14(19)20)18(2)12(10)4-8;1-13-8-3-5(11)2-7(12)6(8)4-9(13)10(14)15;1-2(3)4/h3-7H,1-2H3,(H,19,20);2-4H,1H3,(H,14,15);2H,1H3. The zero-order valence-electron chi connectivity index (χ0n) is 21.1. The van der Waals surface area contributed by atoms with Crippen molar-refractivity contribution in [3.05, 3.63) is 74.7 Å². The minimum Gasteiger partial charge on any atom is -0.477 e. The van der Waals surface area contributed by atoms with Gasteiger partial charge in [-0.3, -0.25) is 4.68 Å². The molecule has 5 rings (SSSR count). The van der Waals surface area contributed by atoms with Gasteiger partial charge >= 0.3 is 11.9 Å². The lowest BCUT2D eigenvalue weighted by Gasteiger charge is -2.03. The van der Waals surface area contributed by atoms with Crippen LogP contribution >= 0.6 is 62.3 Å². The second-order valence-corrected chi connectivity index (χ2v) is 11.7. The molecule has 206 valence electrons. The highest BCUT2D eigenvalue weighted by Crippen LogP contribution is 2.33. The fourth-order valence-electron chi connectivity index (χ4n) is 3.89. The Morgan fingerprint density at radius 3 is 1.72 bits per heavy atom. The number of aromatic carboxylic acids is 2. The molecule has 0 aliphatic heterocycles. The number of aromatic nitrogens is 4. The summed E-state index contributed by atoms with van der Waals surface area (Å²) in [5, 5.41) is 24.8. The first-order valence-corrected chi connectivity index (χ1v) is 13.6. The van der Waals surface area contributed by atoms with Gasteiger partial charge in [0.05, 0.1) is 27.3 Å². The summed E-state index contributed by atoms with van der Waals surface area (Å²) in [7, 11) is 5.26. The Morgan fingerprint density at radius 1 is 0.821 bits per heavy atom. The summed E-state index contributed by atoms with van der Waals surface area (Å²) >= 11 is 25.7. The van der Waals surface area contributed by atoms with Gasteiger partial charge in [-0.15, -0.1) is 23.2 Å². The Hall–Kier alpha value is -2.69. The predicted octanol–water partition coefficient (Wildman–Crippen LogP) is 8.03. The number of nitrogens with zero attached hydrogens (tertiary/aromatic N) is 4. The number of rotatable bonds is 3. The fraction of sp³-hybridized carbons (Fsp3) is 0.192. The molecule has 0 saturated heterocycles. The minimum atomic E-state index is -0.970. The van der Waals surface area contributed by atoms with E-state index in [0.717, 1.165) is 37.4 Å². The van der Waals surface area contributed by atoms with Crippen LogP contribution in [0.3, 0.4) is 0 Å². The highest BCUT2D eigenvalue weighted by atomic mass is 79.9. The van der Waals surface area contributed by atoms with Gasteiger partial charge in [-0.05, 0) is 48.9 Å². The highest BCUT2D eigenvalue weighted by molar-refractivity contribution is 9.10. The van der Waals surface area contributed by atoms with E-state index in [-0.39, 0.29) is 16.2 Å². The van der Waals surface area contributed by atoms with Gasteiger partial charge in [-0.2, -0.15) is 5.10 Å². The number of benzene rings is 2. The second kappa shape index (κ2) is 12.7. The Morgan fingerprint density at radius 2 is 1.28 bits per heavy atom. The smallest absolute Gasteiger partial charge is 0.352 e. The summed E-state index contributed by atoms with van der Waals surface area (Å²) in [6.45, 7) is 1.70. The van der Waals surface area contributed by atoms with E-state index < -0.39 is 11.9 Å². The molecule has 0 unspecified atom stereocenters. The summed E-state index contributed by atoms with van der Waals surface area (Å²) in [5.41, 5.74) is 3.87. The van der Waals surface area contributed by atoms with E-state index in [2.05, 4.69) is 21.0 Å². The van der Waals surface area contributed by atoms with Crippen LogP contribution in [-0.2, 0) is 21.1 Å². The van der Waals surface area contributed by atoms with E-state index in [1.807, 2.05) is 31.4 Å². The molecule has 8 nitrogen and oxygen atoms in total. The molecule has 0 bridgehead atoms. The van der Waals surface area contributed by atoms with Crippen LogP contribution in [0.1, 0.15) is 27.9 Å². The van der Waals surface area contributed by atoms with Crippen molar-refractivity contribution >= 4 is 96.1 Å². The fourth-order valence-corrected chi connectivity index (χ4v) is 5.00. The van der Waals surface area contributed by atoms with Gasteiger partial charge in [-0.25, -0.2) is 9.59 Å². The summed E-state index contributed by atoms with van der Waals surface area (Å²) in [6, 6.07) is 10.5. The first-order chi connectivity index (χ1) is 18.2. The van der Waals surface area contributed by atoms with E-state index in [4.69, 9.17) is 51.5 Å². The number of carboxylic acid groups (broad SMARTS) is 2. The van der Waals surface area contributed by atoms with Gasteiger partial charge < -0.3 is 19.3 Å². The molecule has 2 N–H and O–H groups in total. The van der Waals surface area contributed by atoms with Crippen LogP contribution in [0.15, 0.2) is 53.3 Å². The van der Waals surface area contributed by atoms with Crippen LogP contribution in [0.2, 0.25) is 10.0 Å². The SMILES string of the molecule is CC(Cl)Cl.Cn1c(C(=O)O)cc2c(Cl)cc(Br)cc21.Cn1cc(-c2cc(Cl)c3cc(C(=O)O)n(C)c3c2)cn1. The van der Waals surface area contributed by atoms with Crippen LogP contribution in [0.4, 0.5) is 0 Å². The molecule has 39 heavy (non-hydrogen) atoms. The number of fused-ring (bicyclic) bond motifs is 2. The molecule has 13 heteroatoms.